The maximum absolute atomic E-state index is 11.6. The number of hydrogen-bond acceptors (Lipinski definition) is 2. The van der Waals surface area contributed by atoms with Crippen molar-refractivity contribution in [2.45, 2.75) is 44.1 Å². The highest BCUT2D eigenvalue weighted by Crippen LogP contribution is 2.36. The van der Waals surface area contributed by atoms with Crippen molar-refractivity contribution in [1.82, 2.24) is 5.32 Å². The molecule has 0 atom stereocenters. The van der Waals surface area contributed by atoms with Crippen LogP contribution in [0.5, 0.6) is 0 Å². The van der Waals surface area contributed by atoms with Crippen LogP contribution in [-0.2, 0) is 4.79 Å². The van der Waals surface area contributed by atoms with E-state index in [2.05, 4.69) is 5.32 Å². The molecular formula is C10H17NO2. The number of amides is 1. The molecule has 0 saturated heterocycles. The van der Waals surface area contributed by atoms with Crippen LogP contribution < -0.4 is 5.32 Å². The van der Waals surface area contributed by atoms with E-state index in [1.54, 1.807) is 0 Å². The molecule has 0 aliphatic heterocycles. The number of nitrogens with one attached hydrogen (secondary N) is 1. The van der Waals surface area contributed by atoms with E-state index in [0.29, 0.717) is 0 Å². The van der Waals surface area contributed by atoms with Crippen LogP contribution in [0.15, 0.2) is 0 Å². The van der Waals surface area contributed by atoms with Gasteiger partial charge in [0.15, 0.2) is 0 Å². The van der Waals surface area contributed by atoms with Gasteiger partial charge in [-0.3, -0.25) is 4.79 Å². The van der Waals surface area contributed by atoms with Crippen LogP contribution in [-0.4, -0.2) is 23.2 Å². The largest absolute Gasteiger partial charge is 0.394 e. The summed E-state index contributed by atoms with van der Waals surface area (Å²) in [7, 11) is 0. The van der Waals surface area contributed by atoms with Crippen molar-refractivity contribution < 1.29 is 9.90 Å². The summed E-state index contributed by atoms with van der Waals surface area (Å²) in [5, 5.41) is 12.0. The molecule has 0 radical (unpaired) electrons. The number of aliphatic hydroxyl groups excluding tert-OH is 1. The van der Waals surface area contributed by atoms with Gasteiger partial charge in [0.1, 0.15) is 0 Å². The topological polar surface area (TPSA) is 49.3 Å². The average molecular weight is 183 g/mol. The van der Waals surface area contributed by atoms with Crippen molar-refractivity contribution in [3.05, 3.63) is 0 Å². The van der Waals surface area contributed by atoms with E-state index in [-0.39, 0.29) is 24.0 Å². The molecule has 13 heavy (non-hydrogen) atoms. The Labute approximate surface area is 78.5 Å². The number of rotatable bonds is 3. The fourth-order valence-corrected chi connectivity index (χ4v) is 2.02. The molecule has 0 spiro atoms. The molecule has 3 nitrogen and oxygen atoms in total. The number of carbonyl (C=O) groups excluding carboxylic acids is 1. The Bertz CT molecular complexity index is 205. The van der Waals surface area contributed by atoms with E-state index in [9.17, 15) is 4.79 Å². The molecule has 0 bridgehead atoms. The standard InChI is InChI=1S/C10H17NO2/c12-7-10(5-6-10)11-9(13)8-3-1-2-4-8/h8,12H,1-7H2,(H,11,13). The second-order valence-electron chi connectivity index (χ2n) is 4.41. The number of carbonyl (C=O) groups is 1. The Balaban J connectivity index is 1.84. The first-order chi connectivity index (χ1) is 6.26. The van der Waals surface area contributed by atoms with Crippen molar-refractivity contribution in [2.24, 2.45) is 5.92 Å². The fraction of sp³-hybridized carbons (Fsp3) is 0.900. The smallest absolute Gasteiger partial charge is 0.223 e. The summed E-state index contributed by atoms with van der Waals surface area (Å²) in [6.45, 7) is 0.103. The SMILES string of the molecule is O=C(NC1(CO)CC1)C1CCCC1. The second kappa shape index (κ2) is 3.29. The number of aliphatic hydroxyl groups is 1. The first-order valence-electron chi connectivity index (χ1n) is 5.19. The number of hydrogen-bond donors (Lipinski definition) is 2. The third-order valence-corrected chi connectivity index (χ3v) is 3.27. The van der Waals surface area contributed by atoms with Crippen molar-refractivity contribution in [3.63, 3.8) is 0 Å². The summed E-state index contributed by atoms with van der Waals surface area (Å²) in [5.74, 6) is 0.396. The molecule has 2 aliphatic rings. The molecule has 2 N–H and O–H groups in total. The minimum absolute atomic E-state index is 0.103. The van der Waals surface area contributed by atoms with Gasteiger partial charge in [0.25, 0.3) is 0 Å². The molecular weight excluding hydrogens is 166 g/mol. The zero-order valence-corrected chi connectivity index (χ0v) is 7.88. The van der Waals surface area contributed by atoms with E-state index >= 15 is 0 Å². The average Bonchev–Trinajstić information content (AvgIpc) is 2.69. The highest BCUT2D eigenvalue weighted by Gasteiger charge is 2.44. The molecule has 1 amide bonds. The van der Waals surface area contributed by atoms with Gasteiger partial charge < -0.3 is 10.4 Å². The predicted molar refractivity (Wildman–Crippen MR) is 49.2 cm³/mol. The summed E-state index contributed by atoms with van der Waals surface area (Å²) >= 11 is 0. The lowest BCUT2D eigenvalue weighted by Crippen LogP contribution is -2.42. The van der Waals surface area contributed by atoms with Crippen LogP contribution in [0.4, 0.5) is 0 Å². The van der Waals surface area contributed by atoms with Crippen LogP contribution in [0.2, 0.25) is 0 Å². The highest BCUT2D eigenvalue weighted by atomic mass is 16.3. The van der Waals surface area contributed by atoms with Gasteiger partial charge in [-0.2, -0.15) is 0 Å². The van der Waals surface area contributed by atoms with Gasteiger partial charge >= 0.3 is 0 Å². The summed E-state index contributed by atoms with van der Waals surface area (Å²) in [4.78, 5) is 11.6. The van der Waals surface area contributed by atoms with Crippen LogP contribution in [0.1, 0.15) is 38.5 Å². The Morgan fingerprint density at radius 3 is 2.46 bits per heavy atom. The zero-order chi connectivity index (χ0) is 9.31. The Hall–Kier alpha value is -0.570. The summed E-state index contributed by atoms with van der Waals surface area (Å²) in [6, 6.07) is 0. The van der Waals surface area contributed by atoms with Crippen molar-refractivity contribution in [3.8, 4) is 0 Å². The van der Waals surface area contributed by atoms with Gasteiger partial charge in [-0.1, -0.05) is 12.8 Å². The van der Waals surface area contributed by atoms with Gasteiger partial charge in [0, 0.05) is 5.92 Å². The van der Waals surface area contributed by atoms with Gasteiger partial charge in [0.05, 0.1) is 12.1 Å². The lowest BCUT2D eigenvalue weighted by Gasteiger charge is -2.17. The first-order valence-corrected chi connectivity index (χ1v) is 5.19. The predicted octanol–water partition coefficient (Wildman–Crippen LogP) is 0.818. The third-order valence-electron chi connectivity index (χ3n) is 3.27. The van der Waals surface area contributed by atoms with E-state index < -0.39 is 0 Å². The van der Waals surface area contributed by atoms with Crippen molar-refractivity contribution in [2.75, 3.05) is 6.61 Å². The van der Waals surface area contributed by atoms with E-state index in [4.69, 9.17) is 5.11 Å². The normalized spacial score (nSPS) is 25.9. The lowest BCUT2D eigenvalue weighted by atomic mass is 10.1. The van der Waals surface area contributed by atoms with Crippen molar-refractivity contribution >= 4 is 5.91 Å². The zero-order valence-electron chi connectivity index (χ0n) is 7.88. The maximum atomic E-state index is 11.6. The molecule has 0 aromatic rings. The molecule has 2 aliphatic carbocycles. The van der Waals surface area contributed by atoms with Gasteiger partial charge in [-0.25, -0.2) is 0 Å². The summed E-state index contributed by atoms with van der Waals surface area (Å²) in [6.07, 6.45) is 6.33. The van der Waals surface area contributed by atoms with Crippen LogP contribution >= 0.6 is 0 Å². The van der Waals surface area contributed by atoms with E-state index in [0.717, 1.165) is 25.7 Å². The van der Waals surface area contributed by atoms with E-state index in [1.165, 1.54) is 12.8 Å². The lowest BCUT2D eigenvalue weighted by molar-refractivity contribution is -0.126. The quantitative estimate of drug-likeness (QED) is 0.680. The van der Waals surface area contributed by atoms with Crippen LogP contribution in [0, 0.1) is 5.92 Å². The molecule has 0 aromatic heterocycles. The maximum Gasteiger partial charge on any atom is 0.223 e. The van der Waals surface area contributed by atoms with Crippen LogP contribution in [0.3, 0.4) is 0 Å². The molecule has 74 valence electrons. The molecule has 0 aromatic carbocycles. The van der Waals surface area contributed by atoms with Crippen molar-refractivity contribution in [1.29, 1.82) is 0 Å². The highest BCUT2D eigenvalue weighted by molar-refractivity contribution is 5.80. The van der Waals surface area contributed by atoms with Gasteiger partial charge in [-0.15, -0.1) is 0 Å². The molecule has 3 heteroatoms. The summed E-state index contributed by atoms with van der Waals surface area (Å²) < 4.78 is 0. The Morgan fingerprint density at radius 2 is 2.00 bits per heavy atom. The Morgan fingerprint density at radius 1 is 1.38 bits per heavy atom. The minimum Gasteiger partial charge on any atom is -0.394 e. The summed E-state index contributed by atoms with van der Waals surface area (Å²) in [5.41, 5.74) is -0.223. The van der Waals surface area contributed by atoms with Gasteiger partial charge in [0.2, 0.25) is 5.91 Å². The first kappa shape index (κ1) is 9.00. The van der Waals surface area contributed by atoms with Gasteiger partial charge in [-0.05, 0) is 25.7 Å². The van der Waals surface area contributed by atoms with Crippen LogP contribution in [0.25, 0.3) is 0 Å². The molecule has 0 unspecified atom stereocenters. The minimum atomic E-state index is -0.223. The molecule has 2 saturated carbocycles. The Kier molecular flexibility index (Phi) is 2.28. The fourth-order valence-electron chi connectivity index (χ4n) is 2.02. The monoisotopic (exact) mass is 183 g/mol. The molecule has 2 rings (SSSR count). The second-order valence-corrected chi connectivity index (χ2v) is 4.41. The molecule has 2 fully saturated rings. The third kappa shape index (κ3) is 1.85. The van der Waals surface area contributed by atoms with E-state index in [1.807, 2.05) is 0 Å². The molecule has 0 heterocycles.